The van der Waals surface area contributed by atoms with Crippen LogP contribution in [0.3, 0.4) is 0 Å². The summed E-state index contributed by atoms with van der Waals surface area (Å²) in [5.41, 5.74) is 1.71. The standard InChI is InChI=1S/C22H17ClO6/c23-16-3-1-2-14-17(24)10-20(29-21(14)16)15-9-18-11(4-5-27-18)8-19(15)28-13-6-12(7-13)22(25)26/h1-3,8-10,12-13H,4-7H2,(H,25,26). The van der Waals surface area contributed by atoms with Crippen LogP contribution in [0.4, 0.5) is 0 Å². The molecule has 148 valence electrons. The molecule has 5 rings (SSSR count). The van der Waals surface area contributed by atoms with Crippen molar-refractivity contribution in [2.45, 2.75) is 25.4 Å². The van der Waals surface area contributed by atoms with E-state index in [1.807, 2.05) is 12.1 Å². The molecule has 0 amide bonds. The van der Waals surface area contributed by atoms with E-state index in [-0.39, 0.29) is 17.5 Å². The van der Waals surface area contributed by atoms with Crippen LogP contribution in [-0.4, -0.2) is 23.8 Å². The fraction of sp³-hybridized carbons (Fsp3) is 0.273. The van der Waals surface area contributed by atoms with Crippen molar-refractivity contribution >= 4 is 28.5 Å². The zero-order valence-electron chi connectivity index (χ0n) is 15.3. The van der Waals surface area contributed by atoms with Gasteiger partial charge in [0.1, 0.15) is 23.4 Å². The van der Waals surface area contributed by atoms with Gasteiger partial charge in [0.2, 0.25) is 0 Å². The lowest BCUT2D eigenvalue weighted by Crippen LogP contribution is -2.38. The Labute approximate surface area is 170 Å². The van der Waals surface area contributed by atoms with Crippen LogP contribution in [0.25, 0.3) is 22.3 Å². The summed E-state index contributed by atoms with van der Waals surface area (Å²) in [7, 11) is 0. The van der Waals surface area contributed by atoms with E-state index >= 15 is 0 Å². The molecule has 29 heavy (non-hydrogen) atoms. The van der Waals surface area contributed by atoms with E-state index in [1.165, 1.54) is 6.07 Å². The van der Waals surface area contributed by atoms with Crippen molar-refractivity contribution in [1.82, 2.24) is 0 Å². The molecule has 1 aliphatic carbocycles. The smallest absolute Gasteiger partial charge is 0.306 e. The van der Waals surface area contributed by atoms with E-state index in [4.69, 9.17) is 30.6 Å². The van der Waals surface area contributed by atoms with Crippen molar-refractivity contribution in [1.29, 1.82) is 0 Å². The summed E-state index contributed by atoms with van der Waals surface area (Å²) in [6.45, 7) is 0.580. The Balaban J connectivity index is 1.59. The van der Waals surface area contributed by atoms with Gasteiger partial charge in [0.15, 0.2) is 11.0 Å². The molecular weight excluding hydrogens is 396 g/mol. The van der Waals surface area contributed by atoms with Crippen molar-refractivity contribution in [2.75, 3.05) is 6.61 Å². The number of carboxylic acids is 1. The van der Waals surface area contributed by atoms with Crippen LogP contribution < -0.4 is 14.9 Å². The van der Waals surface area contributed by atoms with Gasteiger partial charge in [0.05, 0.1) is 28.5 Å². The number of halogens is 1. The fourth-order valence-corrected chi connectivity index (χ4v) is 4.02. The van der Waals surface area contributed by atoms with Crippen LogP contribution in [0, 0.1) is 5.92 Å². The Bertz CT molecular complexity index is 1190. The van der Waals surface area contributed by atoms with E-state index in [9.17, 15) is 9.59 Å². The Morgan fingerprint density at radius 3 is 2.83 bits per heavy atom. The topological polar surface area (TPSA) is 86.0 Å². The lowest BCUT2D eigenvalue weighted by Gasteiger charge is -2.33. The van der Waals surface area contributed by atoms with Crippen LogP contribution in [-0.2, 0) is 11.2 Å². The van der Waals surface area contributed by atoms with E-state index in [2.05, 4.69) is 0 Å². The van der Waals surface area contributed by atoms with Crippen LogP contribution in [0.1, 0.15) is 18.4 Å². The van der Waals surface area contributed by atoms with Crippen molar-refractivity contribution in [3.8, 4) is 22.8 Å². The molecule has 7 heteroatoms. The van der Waals surface area contributed by atoms with Crippen LogP contribution in [0.5, 0.6) is 11.5 Å². The second kappa shape index (κ2) is 6.81. The van der Waals surface area contributed by atoms with Crippen LogP contribution >= 0.6 is 11.6 Å². The first kappa shape index (κ1) is 18.1. The van der Waals surface area contributed by atoms with Gasteiger partial charge in [-0.3, -0.25) is 9.59 Å². The van der Waals surface area contributed by atoms with Gasteiger partial charge in [-0.2, -0.15) is 0 Å². The number of benzene rings is 2. The number of fused-ring (bicyclic) bond motifs is 2. The highest BCUT2D eigenvalue weighted by atomic mass is 35.5. The highest BCUT2D eigenvalue weighted by Crippen LogP contribution is 2.42. The van der Waals surface area contributed by atoms with Gasteiger partial charge >= 0.3 is 5.97 Å². The molecule has 2 aliphatic rings. The van der Waals surface area contributed by atoms with Gasteiger partial charge in [-0.15, -0.1) is 0 Å². The highest BCUT2D eigenvalue weighted by Gasteiger charge is 2.36. The summed E-state index contributed by atoms with van der Waals surface area (Å²) in [5.74, 6) is 0.433. The number of carbonyl (C=O) groups is 1. The lowest BCUT2D eigenvalue weighted by atomic mass is 9.82. The predicted octanol–water partition coefficient (Wildman–Crippen LogP) is 4.29. The number of aliphatic carboxylic acids is 1. The SMILES string of the molecule is O=C(O)C1CC(Oc2cc3c(cc2-c2cc(=O)c4cccc(Cl)c4o2)OCC3)C1. The van der Waals surface area contributed by atoms with Crippen molar-refractivity contribution < 1.29 is 23.8 Å². The zero-order valence-corrected chi connectivity index (χ0v) is 16.1. The fourth-order valence-electron chi connectivity index (χ4n) is 3.81. The number of para-hydroxylation sites is 1. The minimum atomic E-state index is -0.803. The van der Waals surface area contributed by atoms with Gasteiger partial charge in [-0.25, -0.2) is 0 Å². The molecule has 1 aromatic heterocycles. The highest BCUT2D eigenvalue weighted by molar-refractivity contribution is 6.34. The summed E-state index contributed by atoms with van der Waals surface area (Å²) in [5, 5.41) is 9.86. The second-order valence-electron chi connectivity index (χ2n) is 7.39. The average Bonchev–Trinajstić information content (AvgIpc) is 3.11. The first-order chi connectivity index (χ1) is 14.0. The van der Waals surface area contributed by atoms with E-state index in [1.54, 1.807) is 18.2 Å². The van der Waals surface area contributed by atoms with Gasteiger partial charge in [0.25, 0.3) is 0 Å². The summed E-state index contributed by atoms with van der Waals surface area (Å²) in [6, 6.07) is 10.2. The Kier molecular flexibility index (Phi) is 4.24. The maximum Gasteiger partial charge on any atom is 0.306 e. The zero-order chi connectivity index (χ0) is 20.1. The largest absolute Gasteiger partial charge is 0.493 e. The van der Waals surface area contributed by atoms with E-state index < -0.39 is 5.97 Å². The molecule has 1 fully saturated rings. The maximum atomic E-state index is 12.6. The lowest BCUT2D eigenvalue weighted by molar-refractivity contribution is -0.147. The first-order valence-corrected chi connectivity index (χ1v) is 9.79. The molecule has 2 heterocycles. The van der Waals surface area contributed by atoms with Crippen LogP contribution in [0.2, 0.25) is 5.02 Å². The molecule has 0 bridgehead atoms. The molecule has 0 spiro atoms. The molecule has 3 aromatic rings. The number of ether oxygens (including phenoxy) is 2. The van der Waals surface area contributed by atoms with Gasteiger partial charge < -0.3 is 19.0 Å². The van der Waals surface area contributed by atoms with Gasteiger partial charge in [0, 0.05) is 18.1 Å². The van der Waals surface area contributed by atoms with Crippen molar-refractivity contribution in [2.24, 2.45) is 5.92 Å². The summed E-state index contributed by atoms with van der Waals surface area (Å²) >= 11 is 6.24. The summed E-state index contributed by atoms with van der Waals surface area (Å²) in [6.07, 6.45) is 1.49. The molecule has 1 saturated carbocycles. The third-order valence-electron chi connectivity index (χ3n) is 5.50. The average molecular weight is 413 g/mol. The number of hydrogen-bond donors (Lipinski definition) is 1. The third kappa shape index (κ3) is 3.13. The molecule has 1 aliphatic heterocycles. The normalized spacial score (nSPS) is 20.0. The minimum Gasteiger partial charge on any atom is -0.493 e. The van der Waals surface area contributed by atoms with E-state index in [0.29, 0.717) is 52.5 Å². The molecule has 0 radical (unpaired) electrons. The Morgan fingerprint density at radius 1 is 1.21 bits per heavy atom. The monoisotopic (exact) mass is 412 g/mol. The minimum absolute atomic E-state index is 0.189. The second-order valence-corrected chi connectivity index (χ2v) is 7.80. The molecule has 0 saturated heterocycles. The van der Waals surface area contributed by atoms with Crippen LogP contribution in [0.15, 0.2) is 45.6 Å². The van der Waals surface area contributed by atoms with Crippen molar-refractivity contribution in [3.05, 3.63) is 57.2 Å². The van der Waals surface area contributed by atoms with Gasteiger partial charge in [-0.05, 0) is 37.1 Å². The van der Waals surface area contributed by atoms with E-state index in [0.717, 1.165) is 17.7 Å². The molecule has 6 nitrogen and oxygen atoms in total. The Hall–Kier alpha value is -2.99. The quantitative estimate of drug-likeness (QED) is 0.688. The Morgan fingerprint density at radius 2 is 2.03 bits per heavy atom. The number of hydrogen-bond acceptors (Lipinski definition) is 5. The molecule has 0 atom stereocenters. The predicted molar refractivity (Wildman–Crippen MR) is 107 cm³/mol. The molecule has 2 aromatic carbocycles. The summed E-state index contributed by atoms with van der Waals surface area (Å²) in [4.78, 5) is 23.7. The first-order valence-electron chi connectivity index (χ1n) is 9.41. The maximum absolute atomic E-state index is 12.6. The van der Waals surface area contributed by atoms with Gasteiger partial charge in [-0.1, -0.05) is 17.7 Å². The molecular formula is C22H17ClO6. The third-order valence-corrected chi connectivity index (χ3v) is 5.80. The molecule has 1 N–H and O–H groups in total. The summed E-state index contributed by atoms with van der Waals surface area (Å²) < 4.78 is 17.8. The number of carboxylic acid groups (broad SMARTS) is 1. The molecule has 0 unspecified atom stereocenters. The van der Waals surface area contributed by atoms with Crippen molar-refractivity contribution in [3.63, 3.8) is 0 Å². The number of rotatable bonds is 4.